The summed E-state index contributed by atoms with van der Waals surface area (Å²) in [5, 5.41) is 3.43. The molecule has 2 aromatic rings. The number of hydrogen-bond donors (Lipinski definition) is 1. The molecule has 2 heterocycles. The van der Waals surface area contributed by atoms with Crippen LogP contribution in [0.25, 0.3) is 6.08 Å². The molecule has 21 heavy (non-hydrogen) atoms. The minimum Gasteiger partial charge on any atom is -0.357 e. The van der Waals surface area contributed by atoms with Crippen molar-refractivity contribution in [2.45, 2.75) is 6.92 Å². The van der Waals surface area contributed by atoms with Crippen molar-refractivity contribution in [3.8, 4) is 0 Å². The zero-order valence-electron chi connectivity index (χ0n) is 11.8. The highest BCUT2D eigenvalue weighted by Crippen LogP contribution is 2.28. The molecule has 0 unspecified atom stereocenters. The molecule has 1 aromatic carbocycles. The van der Waals surface area contributed by atoms with Gasteiger partial charge in [-0.2, -0.15) is 0 Å². The third-order valence-corrected chi connectivity index (χ3v) is 4.05. The van der Waals surface area contributed by atoms with E-state index in [4.69, 9.17) is 0 Å². The van der Waals surface area contributed by atoms with E-state index in [-0.39, 0.29) is 5.91 Å². The van der Waals surface area contributed by atoms with Gasteiger partial charge in [-0.25, -0.2) is 4.99 Å². The summed E-state index contributed by atoms with van der Waals surface area (Å²) in [6.45, 7) is 2.00. The van der Waals surface area contributed by atoms with Gasteiger partial charge in [0.25, 0.3) is 5.91 Å². The largest absolute Gasteiger partial charge is 0.357 e. The third-order valence-electron chi connectivity index (χ3n) is 3.14. The molecule has 4 nitrogen and oxygen atoms in total. The summed E-state index contributed by atoms with van der Waals surface area (Å²) < 4.78 is 1.95. The average Bonchev–Trinajstić information content (AvgIpc) is 3.00. The van der Waals surface area contributed by atoms with Crippen LogP contribution >= 0.6 is 11.8 Å². The molecule has 1 N–H and O–H groups in total. The highest BCUT2D eigenvalue weighted by Gasteiger charge is 2.23. The van der Waals surface area contributed by atoms with Gasteiger partial charge in [-0.3, -0.25) is 4.79 Å². The number of carbonyl (C=O) groups excluding carboxylic acids is 1. The molecule has 0 bridgehead atoms. The highest BCUT2D eigenvalue weighted by molar-refractivity contribution is 8.18. The Labute approximate surface area is 127 Å². The number of amidine groups is 1. The first kappa shape index (κ1) is 13.7. The van der Waals surface area contributed by atoms with Gasteiger partial charge in [0.15, 0.2) is 5.17 Å². The van der Waals surface area contributed by atoms with Crippen LogP contribution in [0, 0.1) is 6.92 Å². The maximum absolute atomic E-state index is 12.0. The van der Waals surface area contributed by atoms with Crippen molar-refractivity contribution in [1.82, 2.24) is 9.88 Å². The van der Waals surface area contributed by atoms with E-state index in [9.17, 15) is 4.79 Å². The minimum absolute atomic E-state index is 0.101. The standard InChI is InChI=1S/C16H15N3OS/c1-11-5-3-4-6-13(11)17-16-18-15(20)14(21-16)9-12-7-8-19(2)10-12/h3-10H,1-2H3,(H,17,18,20)/b14-9+. The van der Waals surface area contributed by atoms with E-state index in [2.05, 4.69) is 10.3 Å². The molecule has 3 rings (SSSR count). The maximum Gasteiger partial charge on any atom is 0.264 e. The molecule has 106 valence electrons. The second-order valence-electron chi connectivity index (χ2n) is 4.88. The van der Waals surface area contributed by atoms with Crippen LogP contribution in [0.5, 0.6) is 0 Å². The summed E-state index contributed by atoms with van der Waals surface area (Å²) in [7, 11) is 1.95. The fourth-order valence-electron chi connectivity index (χ4n) is 2.04. The predicted molar refractivity (Wildman–Crippen MR) is 87.4 cm³/mol. The van der Waals surface area contributed by atoms with E-state index in [1.54, 1.807) is 0 Å². The molecule has 0 saturated carbocycles. The molecular weight excluding hydrogens is 282 g/mol. The van der Waals surface area contributed by atoms with E-state index in [0.717, 1.165) is 16.8 Å². The summed E-state index contributed by atoms with van der Waals surface area (Å²) in [5.74, 6) is -0.101. The number of aromatic nitrogens is 1. The SMILES string of the molecule is Cc1ccccc1N=C1NC(=O)/C(=C\c2ccn(C)c2)S1. The first-order chi connectivity index (χ1) is 10.1. The topological polar surface area (TPSA) is 46.4 Å². The quantitative estimate of drug-likeness (QED) is 0.865. The Balaban J connectivity index is 1.85. The average molecular weight is 297 g/mol. The minimum atomic E-state index is -0.101. The van der Waals surface area contributed by atoms with Crippen LogP contribution in [-0.4, -0.2) is 15.6 Å². The molecule has 0 spiro atoms. The van der Waals surface area contributed by atoms with Crippen molar-refractivity contribution < 1.29 is 4.79 Å². The van der Waals surface area contributed by atoms with Gasteiger partial charge in [-0.15, -0.1) is 0 Å². The summed E-state index contributed by atoms with van der Waals surface area (Å²) in [6.07, 6.45) is 5.80. The van der Waals surface area contributed by atoms with Gasteiger partial charge in [0.05, 0.1) is 10.6 Å². The van der Waals surface area contributed by atoms with Crippen LogP contribution in [0.15, 0.2) is 52.6 Å². The Morgan fingerprint density at radius 2 is 2.10 bits per heavy atom. The number of nitrogens with zero attached hydrogens (tertiary/aromatic N) is 2. The summed E-state index contributed by atoms with van der Waals surface area (Å²) in [5.41, 5.74) is 2.97. The monoisotopic (exact) mass is 297 g/mol. The van der Waals surface area contributed by atoms with Crippen molar-refractivity contribution in [3.05, 3.63) is 58.8 Å². The molecule has 0 radical (unpaired) electrons. The lowest BCUT2D eigenvalue weighted by molar-refractivity contribution is -0.115. The molecule has 0 aliphatic carbocycles. The van der Waals surface area contributed by atoms with Crippen LogP contribution in [0.4, 0.5) is 5.69 Å². The number of benzene rings is 1. The number of nitrogens with one attached hydrogen (secondary N) is 1. The van der Waals surface area contributed by atoms with Crippen molar-refractivity contribution in [1.29, 1.82) is 0 Å². The molecule has 1 aliphatic heterocycles. The molecule has 0 atom stereocenters. The lowest BCUT2D eigenvalue weighted by Gasteiger charge is -1.99. The number of aryl methyl sites for hydroxylation is 2. The second-order valence-corrected chi connectivity index (χ2v) is 5.91. The van der Waals surface area contributed by atoms with E-state index < -0.39 is 0 Å². The van der Waals surface area contributed by atoms with Crippen LogP contribution in [0.3, 0.4) is 0 Å². The number of hydrogen-bond acceptors (Lipinski definition) is 3. The van der Waals surface area contributed by atoms with Crippen molar-refractivity contribution in [3.63, 3.8) is 0 Å². The predicted octanol–water partition coefficient (Wildman–Crippen LogP) is 3.23. The normalized spacial score (nSPS) is 18.5. The fourth-order valence-corrected chi connectivity index (χ4v) is 2.88. The molecule has 1 aliphatic rings. The smallest absolute Gasteiger partial charge is 0.264 e. The zero-order chi connectivity index (χ0) is 14.8. The van der Waals surface area contributed by atoms with Gasteiger partial charge >= 0.3 is 0 Å². The van der Waals surface area contributed by atoms with Gasteiger partial charge in [-0.05, 0) is 48.0 Å². The van der Waals surface area contributed by atoms with E-state index in [1.807, 2.05) is 67.3 Å². The van der Waals surface area contributed by atoms with Crippen molar-refractivity contribution >= 4 is 34.6 Å². The van der Waals surface area contributed by atoms with Crippen LogP contribution < -0.4 is 5.32 Å². The van der Waals surface area contributed by atoms with Crippen molar-refractivity contribution in [2.24, 2.45) is 12.0 Å². The Bertz CT molecular complexity index is 758. The van der Waals surface area contributed by atoms with Gasteiger partial charge in [0.2, 0.25) is 0 Å². The van der Waals surface area contributed by atoms with Crippen LogP contribution in [0.1, 0.15) is 11.1 Å². The van der Waals surface area contributed by atoms with E-state index in [0.29, 0.717) is 10.1 Å². The molecule has 5 heteroatoms. The van der Waals surface area contributed by atoms with Gasteiger partial charge < -0.3 is 9.88 Å². The number of amides is 1. The van der Waals surface area contributed by atoms with Gasteiger partial charge in [0.1, 0.15) is 0 Å². The van der Waals surface area contributed by atoms with Gasteiger partial charge in [-0.1, -0.05) is 18.2 Å². The lowest BCUT2D eigenvalue weighted by Crippen LogP contribution is -2.19. The fraction of sp³-hybridized carbons (Fsp3) is 0.125. The first-order valence-corrected chi connectivity index (χ1v) is 7.41. The summed E-state index contributed by atoms with van der Waals surface area (Å²) in [6, 6.07) is 9.82. The van der Waals surface area contributed by atoms with E-state index >= 15 is 0 Å². The number of aliphatic imine (C=N–C) groups is 1. The Morgan fingerprint density at radius 3 is 2.81 bits per heavy atom. The first-order valence-electron chi connectivity index (χ1n) is 6.59. The molecule has 1 aromatic heterocycles. The van der Waals surface area contributed by atoms with Crippen LogP contribution in [0.2, 0.25) is 0 Å². The van der Waals surface area contributed by atoms with Gasteiger partial charge in [0, 0.05) is 19.4 Å². The third kappa shape index (κ3) is 3.08. The number of carbonyl (C=O) groups is 1. The molecule has 1 fully saturated rings. The zero-order valence-corrected chi connectivity index (χ0v) is 12.6. The van der Waals surface area contributed by atoms with Crippen LogP contribution in [-0.2, 0) is 11.8 Å². The number of thioether (sulfide) groups is 1. The van der Waals surface area contributed by atoms with Crippen molar-refractivity contribution in [2.75, 3.05) is 0 Å². The molecular formula is C16H15N3OS. The number of para-hydroxylation sites is 1. The number of rotatable bonds is 2. The molecule has 1 saturated heterocycles. The summed E-state index contributed by atoms with van der Waals surface area (Å²) >= 11 is 1.37. The second kappa shape index (κ2) is 5.61. The highest BCUT2D eigenvalue weighted by atomic mass is 32.2. The summed E-state index contributed by atoms with van der Waals surface area (Å²) in [4.78, 5) is 17.2. The van der Waals surface area contributed by atoms with E-state index in [1.165, 1.54) is 11.8 Å². The molecule has 1 amide bonds. The Hall–Kier alpha value is -2.27. The lowest BCUT2D eigenvalue weighted by atomic mass is 10.2. The Kier molecular flexibility index (Phi) is 3.66. The maximum atomic E-state index is 12.0. The Morgan fingerprint density at radius 1 is 1.29 bits per heavy atom.